The quantitative estimate of drug-likeness (QED) is 0.593. The summed E-state index contributed by atoms with van der Waals surface area (Å²) in [4.78, 5) is 24.9. The van der Waals surface area contributed by atoms with Gasteiger partial charge in [-0.05, 0) is 37.5 Å². The molecule has 1 atom stereocenters. The van der Waals surface area contributed by atoms with Gasteiger partial charge in [-0.2, -0.15) is 0 Å². The number of hydrogen-bond acceptors (Lipinski definition) is 2. The molecule has 2 amide bonds. The third kappa shape index (κ3) is 7.49. The second-order valence-corrected chi connectivity index (χ2v) is 6.66. The van der Waals surface area contributed by atoms with E-state index in [9.17, 15) is 9.59 Å². The van der Waals surface area contributed by atoms with E-state index in [1.54, 1.807) is 0 Å². The molecule has 2 aromatic rings. The number of rotatable bonds is 9. The molecule has 0 fully saturated rings. The van der Waals surface area contributed by atoms with Gasteiger partial charge < -0.3 is 15.5 Å². The van der Waals surface area contributed by atoms with Crippen LogP contribution in [0.1, 0.15) is 17.5 Å². The molecule has 3 N–H and O–H groups in total. The number of nitrogens with one attached hydrogen (secondary N) is 3. The maximum atomic E-state index is 12.0. The number of amides is 2. The first-order valence-electron chi connectivity index (χ1n) is 9.01. The maximum Gasteiger partial charge on any atom is 0.279 e. The molecule has 0 saturated carbocycles. The number of hydrogen-bond donors (Lipinski definition) is 3. The molecule has 0 spiro atoms. The van der Waals surface area contributed by atoms with E-state index in [0.717, 1.165) is 29.0 Å². The van der Waals surface area contributed by atoms with E-state index in [-0.39, 0.29) is 24.9 Å². The largest absolute Gasteiger partial charge is 0.351 e. The van der Waals surface area contributed by atoms with Crippen LogP contribution in [0.3, 0.4) is 0 Å². The number of quaternary nitrogens is 1. The minimum Gasteiger partial charge on any atom is -0.351 e. The molecule has 0 radical (unpaired) electrons. The van der Waals surface area contributed by atoms with Crippen molar-refractivity contribution in [2.45, 2.75) is 19.8 Å². The lowest BCUT2D eigenvalue weighted by Gasteiger charge is -2.14. The molecule has 0 aliphatic rings. The highest BCUT2D eigenvalue weighted by atomic mass is 16.2. The van der Waals surface area contributed by atoms with Crippen molar-refractivity contribution >= 4 is 17.5 Å². The Morgan fingerprint density at radius 2 is 1.58 bits per heavy atom. The fourth-order valence-corrected chi connectivity index (χ4v) is 2.68. The predicted octanol–water partition coefficient (Wildman–Crippen LogP) is 1.20. The lowest BCUT2D eigenvalue weighted by atomic mass is 10.1. The van der Waals surface area contributed by atoms with Crippen molar-refractivity contribution in [1.29, 1.82) is 0 Å². The van der Waals surface area contributed by atoms with Gasteiger partial charge in [-0.25, -0.2) is 0 Å². The standard InChI is InChI=1S/C21H27N3O2/c1-17-10-12-19(13-11-17)23-21(26)16-24(2)15-20(25)22-14-6-9-18-7-4-3-5-8-18/h3-5,7-8,10-13H,6,9,14-16H2,1-2H3,(H,22,25)(H,23,26)/p+1. The van der Waals surface area contributed by atoms with Crippen molar-refractivity contribution < 1.29 is 14.5 Å². The third-order valence-electron chi connectivity index (χ3n) is 4.07. The van der Waals surface area contributed by atoms with Crippen LogP contribution in [0.5, 0.6) is 0 Å². The second-order valence-electron chi connectivity index (χ2n) is 6.66. The van der Waals surface area contributed by atoms with E-state index in [2.05, 4.69) is 22.8 Å². The number of carbonyl (C=O) groups excluding carboxylic acids is 2. The van der Waals surface area contributed by atoms with Crippen LogP contribution >= 0.6 is 0 Å². The zero-order valence-electron chi connectivity index (χ0n) is 15.5. The second kappa shape index (κ2) is 10.4. The summed E-state index contributed by atoms with van der Waals surface area (Å²) < 4.78 is 0. The van der Waals surface area contributed by atoms with Crippen molar-refractivity contribution in [3.05, 3.63) is 65.7 Å². The van der Waals surface area contributed by atoms with Crippen LogP contribution in [0.4, 0.5) is 5.69 Å². The number of likely N-dealkylation sites (N-methyl/N-ethyl adjacent to an activating group) is 1. The van der Waals surface area contributed by atoms with E-state index in [1.165, 1.54) is 5.56 Å². The number of aryl methyl sites for hydroxylation is 2. The molecule has 0 aliphatic carbocycles. The molecule has 0 bridgehead atoms. The van der Waals surface area contributed by atoms with Crippen molar-refractivity contribution in [3.63, 3.8) is 0 Å². The molecule has 2 rings (SSSR count). The first-order valence-corrected chi connectivity index (χ1v) is 9.01. The van der Waals surface area contributed by atoms with Crippen molar-refractivity contribution in [1.82, 2.24) is 5.32 Å². The normalized spacial score (nSPS) is 11.6. The van der Waals surface area contributed by atoms with Crippen LogP contribution in [0, 0.1) is 6.92 Å². The van der Waals surface area contributed by atoms with E-state index < -0.39 is 0 Å². The maximum absolute atomic E-state index is 12.0. The summed E-state index contributed by atoms with van der Waals surface area (Å²) in [5, 5.41) is 5.77. The number of benzene rings is 2. The van der Waals surface area contributed by atoms with Gasteiger partial charge in [0.05, 0.1) is 7.05 Å². The van der Waals surface area contributed by atoms with E-state index in [1.807, 2.05) is 56.4 Å². The summed E-state index contributed by atoms with van der Waals surface area (Å²) >= 11 is 0. The Hall–Kier alpha value is -2.66. The third-order valence-corrected chi connectivity index (χ3v) is 4.07. The van der Waals surface area contributed by atoms with Gasteiger partial charge in [-0.3, -0.25) is 9.59 Å². The van der Waals surface area contributed by atoms with Crippen LogP contribution in [0.15, 0.2) is 54.6 Å². The Morgan fingerprint density at radius 3 is 2.27 bits per heavy atom. The summed E-state index contributed by atoms with van der Waals surface area (Å²) in [7, 11) is 1.85. The van der Waals surface area contributed by atoms with Gasteiger partial charge in [0.15, 0.2) is 13.1 Å². The molecule has 1 unspecified atom stereocenters. The summed E-state index contributed by atoms with van der Waals surface area (Å²) in [6, 6.07) is 17.9. The SMILES string of the molecule is Cc1ccc(NC(=O)C[NH+](C)CC(=O)NCCCc2ccccc2)cc1. The first-order chi connectivity index (χ1) is 12.5. The van der Waals surface area contributed by atoms with Crippen molar-refractivity contribution in [2.75, 3.05) is 32.0 Å². The fourth-order valence-electron chi connectivity index (χ4n) is 2.68. The molecule has 5 heteroatoms. The molecule has 138 valence electrons. The van der Waals surface area contributed by atoms with Gasteiger partial charge in [-0.1, -0.05) is 48.0 Å². The summed E-state index contributed by atoms with van der Waals surface area (Å²) in [5.74, 6) is -0.123. The molecule has 5 nitrogen and oxygen atoms in total. The molecule has 0 heterocycles. The topological polar surface area (TPSA) is 62.6 Å². The molecule has 26 heavy (non-hydrogen) atoms. The Morgan fingerprint density at radius 1 is 0.923 bits per heavy atom. The van der Waals surface area contributed by atoms with Crippen LogP contribution in [0.25, 0.3) is 0 Å². The van der Waals surface area contributed by atoms with Crippen molar-refractivity contribution in [2.24, 2.45) is 0 Å². The Bertz CT molecular complexity index is 699. The molecule has 0 saturated heterocycles. The van der Waals surface area contributed by atoms with Crippen LogP contribution in [0.2, 0.25) is 0 Å². The molecule has 0 aliphatic heterocycles. The van der Waals surface area contributed by atoms with E-state index in [4.69, 9.17) is 0 Å². The highest BCUT2D eigenvalue weighted by Gasteiger charge is 2.14. The van der Waals surface area contributed by atoms with Crippen LogP contribution in [-0.4, -0.2) is 38.5 Å². The van der Waals surface area contributed by atoms with Crippen LogP contribution in [-0.2, 0) is 16.0 Å². The monoisotopic (exact) mass is 354 g/mol. The molecular weight excluding hydrogens is 326 g/mol. The minimum absolute atomic E-state index is 0.0290. The Labute approximate surface area is 155 Å². The summed E-state index contributed by atoms with van der Waals surface area (Å²) in [5.41, 5.74) is 3.20. The van der Waals surface area contributed by atoms with Gasteiger partial charge in [0.25, 0.3) is 11.8 Å². The zero-order chi connectivity index (χ0) is 18.8. The van der Waals surface area contributed by atoms with E-state index >= 15 is 0 Å². The van der Waals surface area contributed by atoms with Gasteiger partial charge in [0.2, 0.25) is 0 Å². The van der Waals surface area contributed by atoms with Gasteiger partial charge in [-0.15, -0.1) is 0 Å². The number of carbonyl (C=O) groups is 2. The minimum atomic E-state index is -0.0942. The zero-order valence-corrected chi connectivity index (χ0v) is 15.5. The summed E-state index contributed by atoms with van der Waals surface area (Å²) in [6.45, 7) is 3.19. The highest BCUT2D eigenvalue weighted by molar-refractivity contribution is 5.91. The smallest absolute Gasteiger partial charge is 0.279 e. The Kier molecular flexibility index (Phi) is 7.83. The average Bonchev–Trinajstić information content (AvgIpc) is 2.61. The molecule has 0 aromatic heterocycles. The predicted molar refractivity (Wildman–Crippen MR) is 104 cm³/mol. The highest BCUT2D eigenvalue weighted by Crippen LogP contribution is 2.07. The van der Waals surface area contributed by atoms with Gasteiger partial charge in [0.1, 0.15) is 0 Å². The summed E-state index contributed by atoms with van der Waals surface area (Å²) in [6.07, 6.45) is 1.85. The van der Waals surface area contributed by atoms with Crippen molar-refractivity contribution in [3.8, 4) is 0 Å². The van der Waals surface area contributed by atoms with E-state index in [0.29, 0.717) is 6.54 Å². The molecular formula is C21H28N3O2+. The first kappa shape index (κ1) is 19.7. The number of anilines is 1. The lowest BCUT2D eigenvalue weighted by molar-refractivity contribution is -0.862. The Balaban J connectivity index is 1.61. The fraction of sp³-hybridized carbons (Fsp3) is 0.333. The lowest BCUT2D eigenvalue weighted by Crippen LogP contribution is -3.11. The molecule has 2 aromatic carbocycles. The van der Waals surface area contributed by atoms with Gasteiger partial charge >= 0.3 is 0 Å². The average molecular weight is 354 g/mol. The van der Waals surface area contributed by atoms with Crippen LogP contribution < -0.4 is 15.5 Å². The van der Waals surface area contributed by atoms with Gasteiger partial charge in [0, 0.05) is 12.2 Å².